The van der Waals surface area contributed by atoms with E-state index in [4.69, 9.17) is 4.74 Å². The van der Waals surface area contributed by atoms with Gasteiger partial charge in [0.15, 0.2) is 0 Å². The Kier molecular flexibility index (Phi) is 6.43. The van der Waals surface area contributed by atoms with Gasteiger partial charge >= 0.3 is 6.16 Å². The average Bonchev–Trinajstić information content (AvgIpc) is 2.43. The van der Waals surface area contributed by atoms with Gasteiger partial charge < -0.3 is 14.8 Å². The normalized spacial score (nSPS) is 11.5. The molecule has 5 heteroatoms. The number of ether oxygens (including phenoxy) is 2. The Hall–Kier alpha value is -2.04. The first-order chi connectivity index (χ1) is 9.11. The average molecular weight is 265 g/mol. The number of hydrogen-bond acceptors (Lipinski definition) is 4. The molecule has 0 aromatic heterocycles. The van der Waals surface area contributed by atoms with Gasteiger partial charge in [0.25, 0.3) is 0 Å². The van der Waals surface area contributed by atoms with Gasteiger partial charge in [-0.15, -0.1) is 0 Å². The third-order valence-corrected chi connectivity index (χ3v) is 2.52. The number of carbonyl (C=O) groups is 2. The molecule has 104 valence electrons. The van der Waals surface area contributed by atoms with Gasteiger partial charge in [0.2, 0.25) is 5.91 Å². The standard InChI is InChI=1S/C14H19NO4/c1-11(10-19-14(17)18-2)8-13(16)15-9-12-6-4-3-5-7-12/h3-7,11H,8-10H2,1-2H3,(H,15,16). The van der Waals surface area contributed by atoms with Crippen LogP contribution in [0.5, 0.6) is 0 Å². The van der Waals surface area contributed by atoms with Crippen molar-refractivity contribution in [3.8, 4) is 0 Å². The highest BCUT2D eigenvalue weighted by Crippen LogP contribution is 2.04. The maximum absolute atomic E-state index is 11.7. The van der Waals surface area contributed by atoms with Gasteiger partial charge in [0.1, 0.15) is 0 Å². The Morgan fingerprint density at radius 3 is 2.58 bits per heavy atom. The summed E-state index contributed by atoms with van der Waals surface area (Å²) in [6, 6.07) is 9.67. The molecule has 0 radical (unpaired) electrons. The van der Waals surface area contributed by atoms with Gasteiger partial charge in [0.05, 0.1) is 13.7 Å². The molecule has 0 aliphatic heterocycles. The van der Waals surface area contributed by atoms with Crippen molar-refractivity contribution in [2.75, 3.05) is 13.7 Å². The second-order valence-electron chi connectivity index (χ2n) is 4.34. The number of carbonyl (C=O) groups excluding carboxylic acids is 2. The molecule has 1 atom stereocenters. The zero-order chi connectivity index (χ0) is 14.1. The lowest BCUT2D eigenvalue weighted by Crippen LogP contribution is -2.26. The summed E-state index contributed by atoms with van der Waals surface area (Å²) in [6.07, 6.45) is -0.416. The highest BCUT2D eigenvalue weighted by atomic mass is 16.7. The molecule has 1 aromatic carbocycles. The number of methoxy groups -OCH3 is 1. The molecule has 0 fully saturated rings. The van der Waals surface area contributed by atoms with Crippen LogP contribution in [0.3, 0.4) is 0 Å². The van der Waals surface area contributed by atoms with Gasteiger partial charge in [-0.05, 0) is 11.5 Å². The summed E-state index contributed by atoms with van der Waals surface area (Å²) >= 11 is 0. The minimum Gasteiger partial charge on any atom is -0.438 e. The highest BCUT2D eigenvalue weighted by Gasteiger charge is 2.11. The van der Waals surface area contributed by atoms with Crippen LogP contribution in [-0.4, -0.2) is 25.8 Å². The molecule has 5 nitrogen and oxygen atoms in total. The van der Waals surface area contributed by atoms with Crippen molar-refractivity contribution in [2.45, 2.75) is 19.9 Å². The lowest BCUT2D eigenvalue weighted by atomic mass is 10.1. The molecule has 1 aromatic rings. The van der Waals surface area contributed by atoms with E-state index >= 15 is 0 Å². The lowest BCUT2D eigenvalue weighted by molar-refractivity contribution is -0.122. The fourth-order valence-corrected chi connectivity index (χ4v) is 1.51. The molecule has 0 aliphatic carbocycles. The first-order valence-corrected chi connectivity index (χ1v) is 6.13. The number of nitrogens with one attached hydrogen (secondary N) is 1. The Labute approximate surface area is 112 Å². The number of amides is 1. The summed E-state index contributed by atoms with van der Waals surface area (Å²) in [5.41, 5.74) is 1.05. The van der Waals surface area contributed by atoms with Crippen LogP contribution in [0.15, 0.2) is 30.3 Å². The quantitative estimate of drug-likeness (QED) is 0.800. The van der Waals surface area contributed by atoms with Gasteiger partial charge in [-0.1, -0.05) is 37.3 Å². The molecule has 19 heavy (non-hydrogen) atoms. The summed E-state index contributed by atoms with van der Waals surface area (Å²) < 4.78 is 9.12. The minimum absolute atomic E-state index is 0.0464. The zero-order valence-corrected chi connectivity index (χ0v) is 11.2. The summed E-state index contributed by atoms with van der Waals surface area (Å²) in [4.78, 5) is 22.4. The Balaban J connectivity index is 2.21. The minimum atomic E-state index is -0.725. The molecule has 1 amide bonds. The summed E-state index contributed by atoms with van der Waals surface area (Å²) in [5.74, 6) is -0.111. The molecular weight excluding hydrogens is 246 g/mol. The predicted octanol–water partition coefficient (Wildman–Crippen LogP) is 2.11. The molecule has 1 N–H and O–H groups in total. The lowest BCUT2D eigenvalue weighted by Gasteiger charge is -2.11. The smallest absolute Gasteiger partial charge is 0.438 e. The zero-order valence-electron chi connectivity index (χ0n) is 11.2. The van der Waals surface area contributed by atoms with E-state index < -0.39 is 6.16 Å². The highest BCUT2D eigenvalue weighted by molar-refractivity contribution is 5.76. The third-order valence-electron chi connectivity index (χ3n) is 2.52. The summed E-state index contributed by atoms with van der Waals surface area (Å²) in [5, 5.41) is 2.82. The molecular formula is C14H19NO4. The van der Waals surface area contributed by atoms with E-state index in [0.717, 1.165) is 5.56 Å². The van der Waals surface area contributed by atoms with Gasteiger partial charge in [-0.3, -0.25) is 4.79 Å². The van der Waals surface area contributed by atoms with Crippen LogP contribution in [0, 0.1) is 5.92 Å². The molecule has 0 aliphatic rings. The monoisotopic (exact) mass is 265 g/mol. The molecule has 0 spiro atoms. The second-order valence-corrected chi connectivity index (χ2v) is 4.34. The topological polar surface area (TPSA) is 64.6 Å². The first kappa shape index (κ1) is 15.0. The first-order valence-electron chi connectivity index (χ1n) is 6.13. The molecule has 1 rings (SSSR count). The van der Waals surface area contributed by atoms with Crippen molar-refractivity contribution in [3.05, 3.63) is 35.9 Å². The SMILES string of the molecule is COC(=O)OCC(C)CC(=O)NCc1ccccc1. The maximum Gasteiger partial charge on any atom is 0.507 e. The number of benzene rings is 1. The Bertz CT molecular complexity index is 405. The van der Waals surface area contributed by atoms with E-state index in [9.17, 15) is 9.59 Å². The third kappa shape index (κ3) is 6.45. The maximum atomic E-state index is 11.7. The van der Waals surface area contributed by atoms with Crippen LogP contribution < -0.4 is 5.32 Å². The van der Waals surface area contributed by atoms with Gasteiger partial charge in [-0.25, -0.2) is 4.79 Å². The van der Waals surface area contributed by atoms with E-state index in [-0.39, 0.29) is 18.4 Å². The fraction of sp³-hybridized carbons (Fsp3) is 0.429. The molecule has 0 heterocycles. The Morgan fingerprint density at radius 2 is 1.95 bits per heavy atom. The van der Waals surface area contributed by atoms with E-state index in [1.165, 1.54) is 7.11 Å². The van der Waals surface area contributed by atoms with Crippen LogP contribution in [0.4, 0.5) is 4.79 Å². The van der Waals surface area contributed by atoms with Crippen molar-refractivity contribution in [1.29, 1.82) is 0 Å². The van der Waals surface area contributed by atoms with Gasteiger partial charge in [-0.2, -0.15) is 0 Å². The van der Waals surface area contributed by atoms with Crippen LogP contribution >= 0.6 is 0 Å². The summed E-state index contributed by atoms with van der Waals surface area (Å²) in [7, 11) is 1.25. The van der Waals surface area contributed by atoms with Crippen molar-refractivity contribution < 1.29 is 19.1 Å². The molecule has 0 saturated heterocycles. The molecule has 0 bridgehead atoms. The van der Waals surface area contributed by atoms with Gasteiger partial charge in [0, 0.05) is 13.0 Å². The van der Waals surface area contributed by atoms with Crippen LogP contribution in [0.1, 0.15) is 18.9 Å². The van der Waals surface area contributed by atoms with E-state index in [1.807, 2.05) is 37.3 Å². The fourth-order valence-electron chi connectivity index (χ4n) is 1.51. The van der Waals surface area contributed by atoms with Crippen LogP contribution in [0.2, 0.25) is 0 Å². The largest absolute Gasteiger partial charge is 0.507 e. The van der Waals surface area contributed by atoms with E-state index in [2.05, 4.69) is 10.1 Å². The summed E-state index contributed by atoms with van der Waals surface area (Å²) in [6.45, 7) is 2.51. The van der Waals surface area contributed by atoms with E-state index in [0.29, 0.717) is 13.0 Å². The number of hydrogen-bond donors (Lipinski definition) is 1. The molecule has 1 unspecified atom stereocenters. The predicted molar refractivity (Wildman–Crippen MR) is 70.4 cm³/mol. The molecule has 0 saturated carbocycles. The van der Waals surface area contributed by atoms with Crippen molar-refractivity contribution >= 4 is 12.1 Å². The Morgan fingerprint density at radius 1 is 1.26 bits per heavy atom. The van der Waals surface area contributed by atoms with Crippen LogP contribution in [0.25, 0.3) is 0 Å². The number of rotatable bonds is 6. The second kappa shape index (κ2) is 8.13. The van der Waals surface area contributed by atoms with E-state index in [1.54, 1.807) is 0 Å². The van der Waals surface area contributed by atoms with Crippen molar-refractivity contribution in [2.24, 2.45) is 5.92 Å². The van der Waals surface area contributed by atoms with Crippen molar-refractivity contribution in [1.82, 2.24) is 5.32 Å². The van der Waals surface area contributed by atoms with Crippen molar-refractivity contribution in [3.63, 3.8) is 0 Å². The van der Waals surface area contributed by atoms with Crippen LogP contribution in [-0.2, 0) is 20.8 Å².